The zero-order chi connectivity index (χ0) is 15.8. The van der Waals surface area contributed by atoms with E-state index in [2.05, 4.69) is 15.9 Å². The highest BCUT2D eigenvalue weighted by Crippen LogP contribution is 2.37. The van der Waals surface area contributed by atoms with Crippen molar-refractivity contribution in [2.24, 2.45) is 11.7 Å². The molecule has 1 aliphatic rings. The normalized spacial score (nSPS) is 20.9. The minimum Gasteiger partial charge on any atom is -0.330 e. The lowest BCUT2D eigenvalue weighted by atomic mass is 10.1. The molecule has 0 aromatic heterocycles. The lowest BCUT2D eigenvalue weighted by Gasteiger charge is -2.18. The van der Waals surface area contributed by atoms with Crippen molar-refractivity contribution in [2.45, 2.75) is 17.5 Å². The van der Waals surface area contributed by atoms with E-state index in [1.165, 1.54) is 10.4 Å². The Balaban J connectivity index is 2.38. The number of hydrogen-bond donors (Lipinski definition) is 1. The fraction of sp³-hybridized carbons (Fsp3) is 0.500. The van der Waals surface area contributed by atoms with Gasteiger partial charge in [0, 0.05) is 17.6 Å². The van der Waals surface area contributed by atoms with Crippen LogP contribution < -0.4 is 5.73 Å². The number of nitrogens with two attached hydrogens (primary N) is 1. The van der Waals surface area contributed by atoms with Crippen molar-refractivity contribution < 1.29 is 21.6 Å². The molecule has 2 rings (SSSR count). The van der Waals surface area contributed by atoms with E-state index in [0.717, 1.165) is 6.07 Å². The largest absolute Gasteiger partial charge is 0.417 e. The van der Waals surface area contributed by atoms with E-state index < -0.39 is 21.8 Å². The number of alkyl halides is 3. The molecule has 0 aliphatic carbocycles. The summed E-state index contributed by atoms with van der Waals surface area (Å²) in [6.45, 7) is 0.887. The van der Waals surface area contributed by atoms with Crippen LogP contribution in [0.25, 0.3) is 0 Å². The lowest BCUT2D eigenvalue weighted by Crippen LogP contribution is -2.30. The van der Waals surface area contributed by atoms with E-state index in [1.807, 2.05) is 0 Å². The molecule has 1 aromatic carbocycles. The summed E-state index contributed by atoms with van der Waals surface area (Å²) in [5.41, 5.74) is 4.50. The molecule has 0 amide bonds. The minimum atomic E-state index is -4.62. The van der Waals surface area contributed by atoms with Gasteiger partial charge in [-0.25, -0.2) is 8.42 Å². The van der Waals surface area contributed by atoms with E-state index in [4.69, 9.17) is 5.73 Å². The first-order valence-corrected chi connectivity index (χ1v) is 8.46. The van der Waals surface area contributed by atoms with Crippen molar-refractivity contribution in [3.63, 3.8) is 0 Å². The molecule has 1 saturated heterocycles. The topological polar surface area (TPSA) is 63.4 Å². The highest BCUT2D eigenvalue weighted by Gasteiger charge is 2.36. The van der Waals surface area contributed by atoms with Gasteiger partial charge in [0.2, 0.25) is 10.0 Å². The van der Waals surface area contributed by atoms with E-state index >= 15 is 0 Å². The van der Waals surface area contributed by atoms with Crippen LogP contribution in [-0.2, 0) is 16.2 Å². The summed E-state index contributed by atoms with van der Waals surface area (Å²) in [6.07, 6.45) is -3.99. The number of nitrogens with zero attached hydrogens (tertiary/aromatic N) is 1. The van der Waals surface area contributed by atoms with Gasteiger partial charge in [-0.15, -0.1) is 0 Å². The second-order valence-electron chi connectivity index (χ2n) is 4.89. The molecular formula is C12H14BrF3N2O2S. The van der Waals surface area contributed by atoms with Crippen molar-refractivity contribution in [3.05, 3.63) is 28.2 Å². The molecule has 9 heteroatoms. The maximum absolute atomic E-state index is 12.9. The van der Waals surface area contributed by atoms with Crippen LogP contribution in [0.15, 0.2) is 27.6 Å². The van der Waals surface area contributed by atoms with Gasteiger partial charge in [0.05, 0.1) is 10.5 Å². The second-order valence-corrected chi connectivity index (χ2v) is 7.69. The molecule has 4 nitrogen and oxygen atoms in total. The summed E-state index contributed by atoms with van der Waals surface area (Å²) >= 11 is 2.79. The van der Waals surface area contributed by atoms with Crippen molar-refractivity contribution in [1.82, 2.24) is 4.31 Å². The summed E-state index contributed by atoms with van der Waals surface area (Å²) in [7, 11) is -3.92. The van der Waals surface area contributed by atoms with Gasteiger partial charge >= 0.3 is 6.18 Å². The molecule has 1 fully saturated rings. The van der Waals surface area contributed by atoms with Crippen molar-refractivity contribution in [1.29, 1.82) is 0 Å². The first-order chi connectivity index (χ1) is 9.66. The third kappa shape index (κ3) is 3.41. The maximum Gasteiger partial charge on any atom is 0.417 e. The molecule has 2 N–H and O–H groups in total. The molecule has 118 valence electrons. The Bertz CT molecular complexity index is 634. The van der Waals surface area contributed by atoms with Gasteiger partial charge in [-0.3, -0.25) is 0 Å². The van der Waals surface area contributed by atoms with Crippen molar-refractivity contribution >= 4 is 26.0 Å². The van der Waals surface area contributed by atoms with Gasteiger partial charge in [-0.2, -0.15) is 17.5 Å². The van der Waals surface area contributed by atoms with Gasteiger partial charge in [0.15, 0.2) is 0 Å². The van der Waals surface area contributed by atoms with Gasteiger partial charge in [-0.05, 0) is 37.1 Å². The van der Waals surface area contributed by atoms with Crippen LogP contribution in [0.3, 0.4) is 0 Å². The SMILES string of the molecule is NCC1CCN(S(=O)(=O)c2ccc(Br)c(C(F)(F)F)c2)C1. The number of benzene rings is 1. The Morgan fingerprint density at radius 3 is 2.57 bits per heavy atom. The molecule has 0 saturated carbocycles. The molecule has 21 heavy (non-hydrogen) atoms. The molecule has 0 bridgehead atoms. The standard InChI is InChI=1S/C12H14BrF3N2O2S/c13-11-2-1-9(5-10(11)12(14,15)16)21(19,20)18-4-3-8(6-17)7-18/h1-2,5,8H,3-4,6-7,17H2. The molecular weight excluding hydrogens is 373 g/mol. The van der Waals surface area contributed by atoms with Crippen molar-refractivity contribution in [2.75, 3.05) is 19.6 Å². The number of halogens is 4. The molecule has 1 heterocycles. The van der Waals surface area contributed by atoms with Crippen LogP contribution in [-0.4, -0.2) is 32.4 Å². The summed E-state index contributed by atoms with van der Waals surface area (Å²) in [5.74, 6) is 0.0531. The average Bonchev–Trinajstić information content (AvgIpc) is 2.87. The van der Waals surface area contributed by atoms with E-state index in [0.29, 0.717) is 19.0 Å². The Morgan fingerprint density at radius 2 is 2.05 bits per heavy atom. The molecule has 1 unspecified atom stereocenters. The molecule has 1 aromatic rings. The third-order valence-electron chi connectivity index (χ3n) is 3.46. The van der Waals surface area contributed by atoms with E-state index in [1.54, 1.807) is 0 Å². The summed E-state index contributed by atoms with van der Waals surface area (Å²) in [6, 6.07) is 2.94. The number of sulfonamides is 1. The van der Waals surface area contributed by atoms with Gasteiger partial charge in [0.25, 0.3) is 0 Å². The second kappa shape index (κ2) is 5.86. The smallest absolute Gasteiger partial charge is 0.330 e. The first kappa shape index (κ1) is 16.7. The van der Waals surface area contributed by atoms with Gasteiger partial charge < -0.3 is 5.73 Å². The zero-order valence-corrected chi connectivity index (χ0v) is 13.3. The van der Waals surface area contributed by atoms with Crippen LogP contribution in [0.5, 0.6) is 0 Å². The van der Waals surface area contributed by atoms with Crippen LogP contribution in [0.4, 0.5) is 13.2 Å². The van der Waals surface area contributed by atoms with Crippen LogP contribution in [0, 0.1) is 5.92 Å². The van der Waals surface area contributed by atoms with Gasteiger partial charge in [0.1, 0.15) is 0 Å². The average molecular weight is 387 g/mol. The minimum absolute atomic E-state index is 0.0531. The summed E-state index contributed by atoms with van der Waals surface area (Å²) in [4.78, 5) is -0.351. The predicted molar refractivity (Wildman–Crippen MR) is 75.1 cm³/mol. The van der Waals surface area contributed by atoms with E-state index in [-0.39, 0.29) is 28.4 Å². The van der Waals surface area contributed by atoms with Gasteiger partial charge in [-0.1, -0.05) is 15.9 Å². The van der Waals surface area contributed by atoms with Crippen LogP contribution >= 0.6 is 15.9 Å². The fourth-order valence-electron chi connectivity index (χ4n) is 2.24. The zero-order valence-electron chi connectivity index (χ0n) is 10.9. The Labute approximate surface area is 129 Å². The third-order valence-corrected chi connectivity index (χ3v) is 6.02. The van der Waals surface area contributed by atoms with Crippen LogP contribution in [0.1, 0.15) is 12.0 Å². The molecule has 0 spiro atoms. The number of hydrogen-bond acceptors (Lipinski definition) is 3. The number of rotatable bonds is 3. The quantitative estimate of drug-likeness (QED) is 0.867. The fourth-order valence-corrected chi connectivity index (χ4v) is 4.27. The monoisotopic (exact) mass is 386 g/mol. The van der Waals surface area contributed by atoms with Crippen molar-refractivity contribution in [3.8, 4) is 0 Å². The lowest BCUT2D eigenvalue weighted by molar-refractivity contribution is -0.138. The highest BCUT2D eigenvalue weighted by atomic mass is 79.9. The molecule has 0 radical (unpaired) electrons. The van der Waals surface area contributed by atoms with E-state index in [9.17, 15) is 21.6 Å². The maximum atomic E-state index is 12.9. The summed E-state index contributed by atoms with van der Waals surface area (Å²) in [5, 5.41) is 0. The van der Waals surface area contributed by atoms with Crippen LogP contribution in [0.2, 0.25) is 0 Å². The Hall–Kier alpha value is -0.640. The Kier molecular flexibility index (Phi) is 4.67. The highest BCUT2D eigenvalue weighted by molar-refractivity contribution is 9.10. The Morgan fingerprint density at radius 1 is 1.38 bits per heavy atom. The molecule has 1 atom stereocenters. The predicted octanol–water partition coefficient (Wildman–Crippen LogP) is 2.44. The molecule has 1 aliphatic heterocycles. The summed E-state index contributed by atoms with van der Waals surface area (Å²) < 4.78 is 64.3. The first-order valence-electron chi connectivity index (χ1n) is 6.23.